The van der Waals surface area contributed by atoms with Crippen molar-refractivity contribution in [3.05, 3.63) is 80.2 Å². The highest BCUT2D eigenvalue weighted by Gasteiger charge is 2.50. The number of anilines is 1. The van der Waals surface area contributed by atoms with Crippen LogP contribution in [0.2, 0.25) is 0 Å². The molecule has 4 N–H and O–H groups in total. The number of nitrogens with zero attached hydrogens (tertiary/aromatic N) is 1. The molecule has 0 radical (unpaired) electrons. The highest BCUT2D eigenvalue weighted by Crippen LogP contribution is 2.50. The second kappa shape index (κ2) is 16.3. The lowest BCUT2D eigenvalue weighted by Gasteiger charge is -2.38. The predicted molar refractivity (Wildman–Crippen MR) is 219 cm³/mol. The number of ether oxygens (including phenoxy) is 4. The molecule has 15 heteroatoms. The van der Waals surface area contributed by atoms with Crippen molar-refractivity contribution in [3.63, 3.8) is 0 Å². The average molecular weight is 864 g/mol. The van der Waals surface area contributed by atoms with Gasteiger partial charge in [0.1, 0.15) is 34.5 Å². The third-order valence-electron chi connectivity index (χ3n) is 11.3. The van der Waals surface area contributed by atoms with Crippen LogP contribution in [-0.4, -0.2) is 75.3 Å². The average Bonchev–Trinajstić information content (AvgIpc) is 3.45. The number of phenolic OH excluding ortho intramolecular Hbond substituents is 1. The fourth-order valence-electron chi connectivity index (χ4n) is 7.78. The van der Waals surface area contributed by atoms with Gasteiger partial charge < -0.3 is 44.0 Å². The number of rotatable bonds is 2. The van der Waals surface area contributed by atoms with E-state index in [2.05, 4.69) is 21.2 Å². The summed E-state index contributed by atoms with van der Waals surface area (Å²) in [4.78, 5) is 59.9. The van der Waals surface area contributed by atoms with Crippen LogP contribution in [0.5, 0.6) is 11.5 Å². The summed E-state index contributed by atoms with van der Waals surface area (Å²) in [6.45, 7) is 12.6. The summed E-state index contributed by atoms with van der Waals surface area (Å²) in [7, 11) is 1.44. The van der Waals surface area contributed by atoms with Crippen molar-refractivity contribution in [1.29, 1.82) is 0 Å². The van der Waals surface area contributed by atoms with Crippen LogP contribution in [0.25, 0.3) is 33.3 Å². The number of halogens is 1. The van der Waals surface area contributed by atoms with Crippen molar-refractivity contribution in [2.24, 2.45) is 23.7 Å². The molecule has 3 heterocycles. The molecule has 4 aliphatic rings. The third-order valence-corrected chi connectivity index (χ3v) is 11.8. The molecule has 0 unspecified atom stereocenters. The number of hydrogen-bond donors (Lipinski definition) is 4. The Kier molecular flexibility index (Phi) is 11.9. The maximum Gasteiger partial charge on any atom is 0.312 e. The number of aliphatic hydroxyl groups excluding tert-OH is 2. The van der Waals surface area contributed by atoms with Crippen LogP contribution in [0, 0.1) is 30.6 Å². The van der Waals surface area contributed by atoms with E-state index in [1.807, 2.05) is 0 Å². The summed E-state index contributed by atoms with van der Waals surface area (Å²) in [5.74, 6) is -7.14. The van der Waals surface area contributed by atoms with Crippen molar-refractivity contribution < 1.29 is 53.1 Å². The number of carbonyl (C=O) groups is 3. The number of aliphatic hydroxyl groups is 2. The highest BCUT2D eigenvalue weighted by molar-refractivity contribution is 9.10. The fraction of sp³-hybridized carbons (Fsp3) is 0.419. The highest BCUT2D eigenvalue weighted by atomic mass is 79.9. The van der Waals surface area contributed by atoms with Gasteiger partial charge in [-0.2, -0.15) is 0 Å². The van der Waals surface area contributed by atoms with Crippen molar-refractivity contribution in [1.82, 2.24) is 4.98 Å². The molecule has 0 aromatic heterocycles. The van der Waals surface area contributed by atoms with E-state index in [1.54, 1.807) is 58.0 Å². The number of fused-ring (bicyclic) bond motifs is 2. The summed E-state index contributed by atoms with van der Waals surface area (Å²) >= 11 is 3.44. The van der Waals surface area contributed by atoms with Gasteiger partial charge in [-0.05, 0) is 38.1 Å². The van der Waals surface area contributed by atoms with Crippen molar-refractivity contribution in [2.75, 3.05) is 12.4 Å². The fourth-order valence-corrected chi connectivity index (χ4v) is 8.13. The topological polar surface area (TPSA) is 204 Å². The summed E-state index contributed by atoms with van der Waals surface area (Å²) in [6, 6.07) is 5.02. The van der Waals surface area contributed by atoms with Gasteiger partial charge in [0.15, 0.2) is 11.3 Å². The summed E-state index contributed by atoms with van der Waals surface area (Å²) in [5, 5.41) is 36.8. The zero-order valence-corrected chi connectivity index (χ0v) is 35.2. The van der Waals surface area contributed by atoms with Crippen LogP contribution in [0.3, 0.4) is 0 Å². The van der Waals surface area contributed by atoms with Gasteiger partial charge in [-0.25, -0.2) is 4.98 Å². The van der Waals surface area contributed by atoms with E-state index in [4.69, 9.17) is 28.3 Å². The Hall–Kier alpha value is -5.09. The molecule has 14 nitrogen and oxygen atoms in total. The quantitative estimate of drug-likeness (QED) is 0.0941. The van der Waals surface area contributed by atoms with Crippen LogP contribution >= 0.6 is 15.9 Å². The van der Waals surface area contributed by atoms with E-state index >= 15 is 0 Å². The first-order valence-corrected chi connectivity index (χ1v) is 19.7. The third kappa shape index (κ3) is 7.51. The van der Waals surface area contributed by atoms with Crippen LogP contribution in [0.4, 0.5) is 5.69 Å². The second-order valence-corrected chi connectivity index (χ2v) is 16.3. The Morgan fingerprint density at radius 2 is 1.71 bits per heavy atom. The number of phenols is 1. The van der Waals surface area contributed by atoms with Crippen LogP contribution in [0.1, 0.15) is 64.4 Å². The Balaban J connectivity index is 1.58. The Morgan fingerprint density at radius 3 is 2.38 bits per heavy atom. The lowest BCUT2D eigenvalue weighted by molar-refractivity contribution is -0.160. The molecule has 9 atom stereocenters. The molecule has 0 saturated carbocycles. The molecule has 1 aliphatic carbocycles. The molecule has 2 aromatic carbocycles. The number of ketones is 1. The summed E-state index contributed by atoms with van der Waals surface area (Å²) in [5.41, 5.74) is -0.397. The van der Waals surface area contributed by atoms with E-state index in [0.29, 0.717) is 9.99 Å². The maximum absolute atomic E-state index is 14.6. The van der Waals surface area contributed by atoms with Gasteiger partial charge in [0.05, 0.1) is 35.5 Å². The Labute approximate surface area is 343 Å². The molecule has 308 valence electrons. The lowest BCUT2D eigenvalue weighted by atomic mass is 9.78. The Morgan fingerprint density at radius 1 is 1.00 bits per heavy atom. The van der Waals surface area contributed by atoms with Crippen LogP contribution < -0.4 is 15.5 Å². The standard InChI is InChI=1S/C43H47BrN2O12/c1-18-11-10-12-19(2)42(53)46-33-37(51)30-29(32-40(33)57-28-14-13-25(44)17-26(28)45-32)31-39(23(6)36(30)50)58-43(8,41(31)52)55-16-15-27(54-9)20(3)38(56-24(7)47)22(5)35(49)21(4)34(18)48/h10-18,20-22,27,34-35,38,48-50H,1-9H3,(H,46,53)/b11-10+,16-15+,19-12-/t18-,20+,21+,22+,27-,34-,35+,38+,43-/m0/s1. The minimum absolute atomic E-state index is 0.00667. The van der Waals surface area contributed by atoms with Gasteiger partial charge in [-0.3, -0.25) is 19.2 Å². The maximum atomic E-state index is 14.6. The number of Topliss-reactive ketones (excluding diaryl/α,β-unsaturated/α-hetero) is 1. The molecule has 6 rings (SSSR count). The molecule has 3 aliphatic heterocycles. The number of aromatic nitrogens is 1. The molecule has 1 amide bonds. The smallest absolute Gasteiger partial charge is 0.312 e. The van der Waals surface area contributed by atoms with Crippen LogP contribution in [-0.2, 0) is 23.8 Å². The minimum atomic E-state index is -2.02. The zero-order chi connectivity index (χ0) is 42.5. The van der Waals surface area contributed by atoms with Crippen molar-refractivity contribution in [2.45, 2.75) is 85.6 Å². The van der Waals surface area contributed by atoms with E-state index in [0.717, 1.165) is 0 Å². The number of nitrogens with one attached hydrogen (secondary N) is 1. The molecule has 58 heavy (non-hydrogen) atoms. The van der Waals surface area contributed by atoms with Crippen LogP contribution in [0.15, 0.2) is 68.0 Å². The zero-order valence-electron chi connectivity index (χ0n) is 33.6. The summed E-state index contributed by atoms with van der Waals surface area (Å²) < 4.78 is 30.7. The SMILES string of the molecule is CO[C@H]1/C=C/O[C@@]2(C)Oc3c(C)c(O)c4c(=O)c(c5oc6ccc(Br)cc6nc-5c4c3C2=O)NC(=O)/C(C)=C\C=C\[C@H](C)[C@H](O)[C@@H](C)[C@@H](O)[C@@H](C)[C@H](OC(C)=O)[C@@H]1C. The summed E-state index contributed by atoms with van der Waals surface area (Å²) in [6.07, 6.45) is 3.62. The number of benzene rings is 3. The van der Waals surface area contributed by atoms with E-state index < -0.39 is 82.7 Å². The predicted octanol–water partition coefficient (Wildman–Crippen LogP) is 6.71. The van der Waals surface area contributed by atoms with Gasteiger partial charge in [0, 0.05) is 65.6 Å². The van der Waals surface area contributed by atoms with E-state index in [1.165, 1.54) is 53.2 Å². The number of esters is 1. The minimum Gasteiger partial charge on any atom is -0.507 e. The monoisotopic (exact) mass is 862 g/mol. The van der Waals surface area contributed by atoms with Gasteiger partial charge in [-0.15, -0.1) is 0 Å². The molecule has 2 aromatic rings. The first-order valence-electron chi connectivity index (χ1n) is 18.9. The normalized spacial score (nSPS) is 30.4. The number of methoxy groups -OCH3 is 1. The second-order valence-electron chi connectivity index (χ2n) is 15.3. The molecule has 4 bridgehead atoms. The Bertz CT molecular complexity index is 2440. The van der Waals surface area contributed by atoms with E-state index in [9.17, 15) is 34.5 Å². The number of hydrogen-bond acceptors (Lipinski definition) is 13. The number of carbonyl (C=O) groups excluding carboxylic acids is 3. The molecule has 0 saturated heterocycles. The number of amides is 1. The van der Waals surface area contributed by atoms with Gasteiger partial charge in [-0.1, -0.05) is 61.9 Å². The van der Waals surface area contributed by atoms with Gasteiger partial charge in [0.25, 0.3) is 11.7 Å². The molecular formula is C43H47BrN2O12. The lowest BCUT2D eigenvalue weighted by Crippen LogP contribution is -2.46. The van der Waals surface area contributed by atoms with Gasteiger partial charge >= 0.3 is 11.8 Å². The largest absolute Gasteiger partial charge is 0.507 e. The van der Waals surface area contributed by atoms with Crippen molar-refractivity contribution in [3.8, 4) is 23.0 Å². The first-order chi connectivity index (χ1) is 27.3. The first kappa shape index (κ1) is 42.5. The molecule has 0 spiro atoms. The van der Waals surface area contributed by atoms with E-state index in [-0.39, 0.29) is 55.9 Å². The number of aromatic hydroxyl groups is 1. The van der Waals surface area contributed by atoms with Crippen molar-refractivity contribution >= 4 is 61.1 Å². The van der Waals surface area contributed by atoms with Gasteiger partial charge in [0.2, 0.25) is 5.43 Å². The number of allylic oxidation sites excluding steroid dienone is 2. The molecule has 0 fully saturated rings. The molecular weight excluding hydrogens is 816 g/mol.